The van der Waals surface area contributed by atoms with Gasteiger partial charge < -0.3 is 18.9 Å². The molecule has 1 saturated heterocycles. The number of rotatable bonds is 9. The largest absolute Gasteiger partial charge is 0.493 e. The number of para-hydroxylation sites is 3. The Morgan fingerprint density at radius 3 is 2.72 bits per heavy atom. The Bertz CT molecular complexity index is 1410. The first-order chi connectivity index (χ1) is 17.6. The molecule has 7 heteroatoms. The molecule has 0 radical (unpaired) electrons. The van der Waals surface area contributed by atoms with Gasteiger partial charge in [0, 0.05) is 18.9 Å². The molecule has 1 aliphatic rings. The van der Waals surface area contributed by atoms with Gasteiger partial charge in [-0.05, 0) is 48.4 Å². The number of hydrogen-bond acceptors (Lipinski definition) is 4. The zero-order valence-corrected chi connectivity index (χ0v) is 20.9. The predicted octanol–water partition coefficient (Wildman–Crippen LogP) is 6.03. The van der Waals surface area contributed by atoms with Crippen molar-refractivity contribution in [2.75, 3.05) is 25.2 Å². The number of halogens is 1. The lowest BCUT2D eigenvalue weighted by atomic mass is 10.1. The first-order valence-electron chi connectivity index (χ1n) is 12.0. The maximum atomic E-state index is 13.0. The van der Waals surface area contributed by atoms with Gasteiger partial charge >= 0.3 is 0 Å². The van der Waals surface area contributed by atoms with E-state index >= 15 is 0 Å². The van der Waals surface area contributed by atoms with Crippen LogP contribution in [0.15, 0.2) is 79.4 Å². The summed E-state index contributed by atoms with van der Waals surface area (Å²) in [6, 6.07) is 21.4. The lowest BCUT2D eigenvalue weighted by molar-refractivity contribution is -0.117. The van der Waals surface area contributed by atoms with Crippen LogP contribution in [0.1, 0.15) is 23.7 Å². The summed E-state index contributed by atoms with van der Waals surface area (Å²) in [5.41, 5.74) is 3.78. The van der Waals surface area contributed by atoms with Crippen LogP contribution in [0.2, 0.25) is 5.02 Å². The van der Waals surface area contributed by atoms with Gasteiger partial charge in [-0.1, -0.05) is 48.0 Å². The Kier molecular flexibility index (Phi) is 6.96. The van der Waals surface area contributed by atoms with E-state index in [1.54, 1.807) is 12.0 Å². The van der Waals surface area contributed by atoms with E-state index in [2.05, 4.69) is 17.2 Å². The lowest BCUT2D eigenvalue weighted by Crippen LogP contribution is -2.25. The third kappa shape index (κ3) is 4.69. The van der Waals surface area contributed by atoms with E-state index in [0.717, 1.165) is 34.5 Å². The SMILES string of the molecule is C=CCc1ccc(OCCn2c(C3CC(=O)N(c4ccccc4Cl)C3)nc3ccccc32)c(OC)c1. The molecule has 1 aliphatic heterocycles. The Balaban J connectivity index is 1.38. The second kappa shape index (κ2) is 10.5. The number of benzene rings is 3. The van der Waals surface area contributed by atoms with E-state index in [9.17, 15) is 4.79 Å². The van der Waals surface area contributed by atoms with Crippen LogP contribution in [-0.4, -0.2) is 35.7 Å². The zero-order chi connectivity index (χ0) is 25.1. The van der Waals surface area contributed by atoms with Crippen LogP contribution in [0.5, 0.6) is 11.5 Å². The van der Waals surface area contributed by atoms with Crippen LogP contribution in [0.4, 0.5) is 5.69 Å². The van der Waals surface area contributed by atoms with Gasteiger partial charge in [-0.15, -0.1) is 6.58 Å². The number of ether oxygens (including phenoxy) is 2. The fourth-order valence-electron chi connectivity index (χ4n) is 4.80. The summed E-state index contributed by atoms with van der Waals surface area (Å²) in [4.78, 5) is 19.7. The molecule has 1 amide bonds. The molecule has 4 aromatic rings. The van der Waals surface area contributed by atoms with Crippen LogP contribution in [-0.2, 0) is 17.8 Å². The minimum atomic E-state index is -0.0473. The van der Waals surface area contributed by atoms with E-state index < -0.39 is 0 Å². The highest BCUT2D eigenvalue weighted by molar-refractivity contribution is 6.33. The van der Waals surface area contributed by atoms with Gasteiger partial charge in [-0.25, -0.2) is 4.98 Å². The molecule has 1 aromatic heterocycles. The molecular weight excluding hydrogens is 474 g/mol. The minimum Gasteiger partial charge on any atom is -0.493 e. The number of methoxy groups -OCH3 is 1. The Morgan fingerprint density at radius 1 is 1.11 bits per heavy atom. The van der Waals surface area contributed by atoms with Crippen molar-refractivity contribution in [1.82, 2.24) is 9.55 Å². The molecule has 2 heterocycles. The molecule has 0 N–H and O–H groups in total. The average molecular weight is 502 g/mol. The molecule has 3 aromatic carbocycles. The van der Waals surface area contributed by atoms with E-state index in [1.807, 2.05) is 66.7 Å². The number of aromatic nitrogens is 2. The van der Waals surface area contributed by atoms with Crippen LogP contribution >= 0.6 is 11.6 Å². The lowest BCUT2D eigenvalue weighted by Gasteiger charge is -2.19. The summed E-state index contributed by atoms with van der Waals surface area (Å²) in [5, 5.41) is 0.571. The average Bonchev–Trinajstić information content (AvgIpc) is 3.45. The van der Waals surface area contributed by atoms with Crippen LogP contribution in [0, 0.1) is 0 Å². The molecule has 0 bridgehead atoms. The first-order valence-corrected chi connectivity index (χ1v) is 12.4. The summed E-state index contributed by atoms with van der Waals surface area (Å²) in [7, 11) is 1.64. The summed E-state index contributed by atoms with van der Waals surface area (Å²) in [5.74, 6) is 2.27. The minimum absolute atomic E-state index is 0.0473. The Labute approximate surface area is 215 Å². The number of anilines is 1. The highest BCUT2D eigenvalue weighted by Gasteiger charge is 2.35. The molecule has 36 heavy (non-hydrogen) atoms. The monoisotopic (exact) mass is 501 g/mol. The zero-order valence-electron chi connectivity index (χ0n) is 20.2. The second-order valence-corrected chi connectivity index (χ2v) is 9.20. The second-order valence-electron chi connectivity index (χ2n) is 8.79. The molecule has 1 atom stereocenters. The highest BCUT2D eigenvalue weighted by Crippen LogP contribution is 2.36. The van der Waals surface area contributed by atoms with Crippen molar-refractivity contribution in [3.63, 3.8) is 0 Å². The number of imidazole rings is 1. The number of amides is 1. The van der Waals surface area contributed by atoms with Crippen LogP contribution in [0.3, 0.4) is 0 Å². The molecule has 1 fully saturated rings. The van der Waals surface area contributed by atoms with E-state index in [-0.39, 0.29) is 11.8 Å². The molecule has 5 rings (SSSR count). The van der Waals surface area contributed by atoms with Crippen LogP contribution in [0.25, 0.3) is 11.0 Å². The number of allylic oxidation sites excluding steroid dienone is 1. The smallest absolute Gasteiger partial charge is 0.227 e. The maximum absolute atomic E-state index is 13.0. The van der Waals surface area contributed by atoms with Gasteiger partial charge in [0.25, 0.3) is 0 Å². The summed E-state index contributed by atoms with van der Waals surface area (Å²) < 4.78 is 13.8. The molecule has 6 nitrogen and oxygen atoms in total. The third-order valence-electron chi connectivity index (χ3n) is 6.50. The highest BCUT2D eigenvalue weighted by atomic mass is 35.5. The number of carbonyl (C=O) groups excluding carboxylic acids is 1. The number of hydrogen-bond donors (Lipinski definition) is 0. The van der Waals surface area contributed by atoms with Crippen molar-refractivity contribution in [2.24, 2.45) is 0 Å². The predicted molar refractivity (Wildman–Crippen MR) is 143 cm³/mol. The molecule has 0 saturated carbocycles. The van der Waals surface area contributed by atoms with E-state index in [4.69, 9.17) is 26.1 Å². The quantitative estimate of drug-likeness (QED) is 0.263. The van der Waals surface area contributed by atoms with Crippen molar-refractivity contribution < 1.29 is 14.3 Å². The summed E-state index contributed by atoms with van der Waals surface area (Å²) in [6.07, 6.45) is 3.02. The third-order valence-corrected chi connectivity index (χ3v) is 6.82. The fraction of sp³-hybridized carbons (Fsp3) is 0.241. The van der Waals surface area contributed by atoms with Crippen molar-refractivity contribution >= 4 is 34.2 Å². The number of fused-ring (bicyclic) bond motifs is 1. The van der Waals surface area contributed by atoms with E-state index in [1.165, 1.54) is 0 Å². The number of carbonyl (C=O) groups is 1. The standard InChI is InChI=1S/C29H28ClN3O3/c1-3-8-20-13-14-26(27(17-20)35-2)36-16-15-32-25-12-7-5-10-23(25)31-29(32)21-18-28(34)33(19-21)24-11-6-4-9-22(24)30/h3-7,9-14,17,21H,1,8,15-16,18-19H2,2H3. The molecule has 184 valence electrons. The summed E-state index contributed by atoms with van der Waals surface area (Å²) >= 11 is 6.39. The number of nitrogens with zero attached hydrogens (tertiary/aromatic N) is 3. The van der Waals surface area contributed by atoms with Gasteiger partial charge in [-0.3, -0.25) is 4.79 Å². The Morgan fingerprint density at radius 2 is 1.92 bits per heavy atom. The molecule has 1 unspecified atom stereocenters. The normalized spacial score (nSPS) is 15.4. The van der Waals surface area contributed by atoms with Gasteiger partial charge in [0.1, 0.15) is 12.4 Å². The van der Waals surface area contributed by atoms with Crippen molar-refractivity contribution in [3.8, 4) is 11.5 Å². The van der Waals surface area contributed by atoms with Crippen molar-refractivity contribution in [1.29, 1.82) is 0 Å². The summed E-state index contributed by atoms with van der Waals surface area (Å²) in [6.45, 7) is 5.35. The molecule has 0 spiro atoms. The molecule has 0 aliphatic carbocycles. The van der Waals surface area contributed by atoms with E-state index in [0.29, 0.717) is 42.6 Å². The topological polar surface area (TPSA) is 56.6 Å². The first kappa shape index (κ1) is 23.9. The van der Waals surface area contributed by atoms with Crippen LogP contribution < -0.4 is 14.4 Å². The van der Waals surface area contributed by atoms with Gasteiger partial charge in [0.2, 0.25) is 5.91 Å². The Hall–Kier alpha value is -3.77. The van der Waals surface area contributed by atoms with Crippen molar-refractivity contribution in [3.05, 3.63) is 95.8 Å². The van der Waals surface area contributed by atoms with Crippen molar-refractivity contribution in [2.45, 2.75) is 25.3 Å². The van der Waals surface area contributed by atoms with Gasteiger partial charge in [0.05, 0.1) is 35.4 Å². The fourth-order valence-corrected chi connectivity index (χ4v) is 5.03. The van der Waals surface area contributed by atoms with Gasteiger partial charge in [-0.2, -0.15) is 0 Å². The maximum Gasteiger partial charge on any atom is 0.227 e. The van der Waals surface area contributed by atoms with Gasteiger partial charge in [0.15, 0.2) is 11.5 Å². The molecular formula is C29H28ClN3O3.